The van der Waals surface area contributed by atoms with E-state index < -0.39 is 0 Å². The van der Waals surface area contributed by atoms with Gasteiger partial charge in [-0.3, -0.25) is 9.59 Å². The van der Waals surface area contributed by atoms with Crippen molar-refractivity contribution in [3.63, 3.8) is 0 Å². The topological polar surface area (TPSA) is 84.2 Å². The Balaban J connectivity index is 1.60. The van der Waals surface area contributed by atoms with Crippen LogP contribution < -0.4 is 10.6 Å². The van der Waals surface area contributed by atoms with Crippen LogP contribution in [-0.2, 0) is 10.5 Å². The number of carbonyl (C=O) groups excluding carboxylic acids is 2. The fourth-order valence-electron chi connectivity index (χ4n) is 2.62. The Morgan fingerprint density at radius 2 is 1.75 bits per heavy atom. The van der Waals surface area contributed by atoms with Crippen LogP contribution in [0.25, 0.3) is 0 Å². The van der Waals surface area contributed by atoms with Gasteiger partial charge in [0.15, 0.2) is 0 Å². The summed E-state index contributed by atoms with van der Waals surface area (Å²) in [4.78, 5) is 25.5. The van der Waals surface area contributed by atoms with Crippen molar-refractivity contribution in [2.45, 2.75) is 24.5 Å². The molecule has 0 aliphatic carbocycles. The molecule has 28 heavy (non-hydrogen) atoms. The highest BCUT2D eigenvalue weighted by Gasteiger charge is 2.15. The molecule has 0 atom stereocenters. The lowest BCUT2D eigenvalue weighted by molar-refractivity contribution is -0.115. The highest BCUT2D eigenvalue weighted by Crippen LogP contribution is 2.28. The molecule has 1 aromatic heterocycles. The van der Waals surface area contributed by atoms with E-state index in [0.29, 0.717) is 17.0 Å². The molecule has 6 nitrogen and oxygen atoms in total. The molecule has 2 N–H and O–H groups in total. The van der Waals surface area contributed by atoms with E-state index in [-0.39, 0.29) is 18.4 Å². The molecule has 2 aromatic carbocycles. The second-order valence-corrected chi connectivity index (χ2v) is 7.20. The molecular formula is C21H21N3O3S. The van der Waals surface area contributed by atoms with Gasteiger partial charge in [-0.15, -0.1) is 11.8 Å². The van der Waals surface area contributed by atoms with E-state index >= 15 is 0 Å². The van der Waals surface area contributed by atoms with Crippen molar-refractivity contribution in [3.8, 4) is 0 Å². The number of para-hydroxylation sites is 1. The van der Waals surface area contributed by atoms with E-state index in [1.807, 2.05) is 44.2 Å². The zero-order chi connectivity index (χ0) is 19.9. The number of thioether (sulfide) groups is 1. The van der Waals surface area contributed by atoms with E-state index in [9.17, 15) is 9.59 Å². The molecular weight excluding hydrogens is 374 g/mol. The summed E-state index contributed by atoms with van der Waals surface area (Å²) in [5.74, 6) is 0.870. The van der Waals surface area contributed by atoms with Crippen LogP contribution in [0.5, 0.6) is 0 Å². The number of carbonyl (C=O) groups is 2. The Morgan fingerprint density at radius 1 is 1.04 bits per heavy atom. The molecule has 0 saturated heterocycles. The zero-order valence-electron chi connectivity index (χ0n) is 15.7. The van der Waals surface area contributed by atoms with Gasteiger partial charge in [0.1, 0.15) is 5.76 Å². The molecule has 2 amide bonds. The third-order valence-corrected chi connectivity index (χ3v) is 5.25. The van der Waals surface area contributed by atoms with Crippen LogP contribution in [0.15, 0.2) is 64.0 Å². The zero-order valence-corrected chi connectivity index (χ0v) is 16.5. The van der Waals surface area contributed by atoms with Crippen molar-refractivity contribution in [2.24, 2.45) is 0 Å². The van der Waals surface area contributed by atoms with Crippen molar-refractivity contribution in [3.05, 3.63) is 77.2 Å². The third kappa shape index (κ3) is 5.01. The number of hydrogen-bond donors (Lipinski definition) is 2. The summed E-state index contributed by atoms with van der Waals surface area (Å²) in [6, 6.07) is 16.5. The van der Waals surface area contributed by atoms with Gasteiger partial charge in [0.05, 0.1) is 17.8 Å². The first-order chi connectivity index (χ1) is 13.5. The Kier molecular flexibility index (Phi) is 6.49. The first-order valence-corrected chi connectivity index (χ1v) is 9.80. The molecule has 0 unspecified atom stereocenters. The second kappa shape index (κ2) is 9.23. The van der Waals surface area contributed by atoms with Crippen LogP contribution in [0.4, 0.5) is 5.69 Å². The maximum Gasteiger partial charge on any atom is 0.252 e. The maximum atomic E-state index is 12.6. The van der Waals surface area contributed by atoms with Gasteiger partial charge in [0.25, 0.3) is 5.91 Å². The smallest absolute Gasteiger partial charge is 0.252 e. The van der Waals surface area contributed by atoms with Crippen LogP contribution in [0.1, 0.15) is 27.4 Å². The number of nitrogens with zero attached hydrogens (tertiary/aromatic N) is 1. The van der Waals surface area contributed by atoms with Crippen LogP contribution in [0, 0.1) is 13.8 Å². The SMILES string of the molecule is Cc1noc(C)c1CSc1ccccc1C(=O)NCC(=O)Nc1ccccc1. The van der Waals surface area contributed by atoms with Crippen molar-refractivity contribution >= 4 is 29.3 Å². The molecule has 0 aliphatic heterocycles. The maximum absolute atomic E-state index is 12.6. The van der Waals surface area contributed by atoms with Crippen LogP contribution in [-0.4, -0.2) is 23.5 Å². The molecule has 0 saturated carbocycles. The third-order valence-electron chi connectivity index (χ3n) is 4.15. The minimum absolute atomic E-state index is 0.101. The fraction of sp³-hybridized carbons (Fsp3) is 0.190. The summed E-state index contributed by atoms with van der Waals surface area (Å²) in [6.07, 6.45) is 0. The van der Waals surface area contributed by atoms with Crippen LogP contribution in [0.3, 0.4) is 0 Å². The Bertz CT molecular complexity index is 951. The van der Waals surface area contributed by atoms with Gasteiger partial charge < -0.3 is 15.2 Å². The molecule has 1 heterocycles. The van der Waals surface area contributed by atoms with Gasteiger partial charge in [0, 0.05) is 21.9 Å². The molecule has 0 radical (unpaired) electrons. The first kappa shape index (κ1) is 19.7. The lowest BCUT2D eigenvalue weighted by Gasteiger charge is -2.10. The van der Waals surface area contributed by atoms with E-state index in [1.165, 1.54) is 11.8 Å². The summed E-state index contributed by atoms with van der Waals surface area (Å²) in [7, 11) is 0. The number of aryl methyl sites for hydroxylation is 2. The predicted molar refractivity (Wildman–Crippen MR) is 109 cm³/mol. The minimum atomic E-state index is -0.287. The molecule has 0 spiro atoms. The number of nitrogens with one attached hydrogen (secondary N) is 2. The molecule has 0 aliphatic rings. The lowest BCUT2D eigenvalue weighted by atomic mass is 10.2. The standard InChI is InChI=1S/C21H21N3O3S/c1-14-18(15(2)27-24-14)13-28-19-11-7-6-10-17(19)21(26)22-12-20(25)23-16-8-4-3-5-9-16/h3-11H,12-13H2,1-2H3,(H,22,26)(H,23,25). The number of amides is 2. The van der Waals surface area contributed by atoms with E-state index in [2.05, 4.69) is 15.8 Å². The summed E-state index contributed by atoms with van der Waals surface area (Å²) >= 11 is 1.54. The van der Waals surface area contributed by atoms with E-state index in [0.717, 1.165) is 21.9 Å². The monoisotopic (exact) mass is 395 g/mol. The van der Waals surface area contributed by atoms with Gasteiger partial charge in [-0.2, -0.15) is 0 Å². The summed E-state index contributed by atoms with van der Waals surface area (Å²) < 4.78 is 5.19. The fourth-order valence-corrected chi connectivity index (χ4v) is 3.82. The van der Waals surface area contributed by atoms with Crippen LogP contribution >= 0.6 is 11.8 Å². The second-order valence-electron chi connectivity index (χ2n) is 6.18. The molecule has 144 valence electrons. The summed E-state index contributed by atoms with van der Waals surface area (Å²) in [5.41, 5.74) is 3.11. The van der Waals surface area contributed by atoms with E-state index in [1.54, 1.807) is 24.3 Å². The first-order valence-electron chi connectivity index (χ1n) is 8.81. The lowest BCUT2D eigenvalue weighted by Crippen LogP contribution is -2.33. The van der Waals surface area contributed by atoms with Crippen molar-refractivity contribution in [1.82, 2.24) is 10.5 Å². The molecule has 0 fully saturated rings. The van der Waals surface area contributed by atoms with Gasteiger partial charge in [-0.05, 0) is 38.1 Å². The molecule has 7 heteroatoms. The average molecular weight is 395 g/mol. The number of aromatic nitrogens is 1. The normalized spacial score (nSPS) is 10.5. The van der Waals surface area contributed by atoms with Gasteiger partial charge >= 0.3 is 0 Å². The van der Waals surface area contributed by atoms with E-state index in [4.69, 9.17) is 4.52 Å². The van der Waals surface area contributed by atoms with Crippen molar-refractivity contribution < 1.29 is 14.1 Å². The Labute approximate surface area is 167 Å². The van der Waals surface area contributed by atoms with Gasteiger partial charge in [-0.25, -0.2) is 0 Å². The predicted octanol–water partition coefficient (Wildman–Crippen LogP) is 3.95. The van der Waals surface area contributed by atoms with Gasteiger partial charge in [-0.1, -0.05) is 35.5 Å². The molecule has 3 aromatic rings. The molecule has 0 bridgehead atoms. The summed E-state index contributed by atoms with van der Waals surface area (Å²) in [6.45, 7) is 3.67. The van der Waals surface area contributed by atoms with Crippen molar-refractivity contribution in [2.75, 3.05) is 11.9 Å². The van der Waals surface area contributed by atoms with Gasteiger partial charge in [0.2, 0.25) is 5.91 Å². The van der Waals surface area contributed by atoms with Crippen molar-refractivity contribution in [1.29, 1.82) is 0 Å². The number of rotatable bonds is 7. The summed E-state index contributed by atoms with van der Waals surface area (Å²) in [5, 5.41) is 9.38. The van der Waals surface area contributed by atoms with Crippen LogP contribution in [0.2, 0.25) is 0 Å². The minimum Gasteiger partial charge on any atom is -0.361 e. The largest absolute Gasteiger partial charge is 0.361 e. The quantitative estimate of drug-likeness (QED) is 0.592. The highest BCUT2D eigenvalue weighted by molar-refractivity contribution is 7.98. The Morgan fingerprint density at radius 3 is 2.46 bits per heavy atom. The highest BCUT2D eigenvalue weighted by atomic mass is 32.2. The number of hydrogen-bond acceptors (Lipinski definition) is 5. The number of benzene rings is 2. The number of anilines is 1. The average Bonchev–Trinajstić information content (AvgIpc) is 3.03. The Hall–Kier alpha value is -3.06. The molecule has 3 rings (SSSR count).